The fraction of sp³-hybridized carbons (Fsp3) is 0.150. The van der Waals surface area contributed by atoms with Crippen molar-refractivity contribution < 1.29 is 65.1 Å². The molecule has 0 radical (unpaired) electrons. The van der Waals surface area contributed by atoms with Crippen LogP contribution in [0.1, 0.15) is 28.9 Å². The van der Waals surface area contributed by atoms with E-state index in [-0.39, 0.29) is 63.0 Å². The van der Waals surface area contributed by atoms with Crippen molar-refractivity contribution in [3.63, 3.8) is 0 Å². The Kier molecular flexibility index (Phi) is 8.52. The van der Waals surface area contributed by atoms with E-state index < -0.39 is 11.7 Å². The molecule has 8 heteroatoms. The number of aliphatic imine (C=N–C) groups is 1. The summed E-state index contributed by atoms with van der Waals surface area (Å²) >= 11 is 0. The molecule has 0 spiro atoms. The van der Waals surface area contributed by atoms with Gasteiger partial charge in [0, 0.05) is 24.1 Å². The zero-order valence-electron chi connectivity index (χ0n) is 16.0. The van der Waals surface area contributed by atoms with E-state index in [9.17, 15) is 9.18 Å². The fourth-order valence-corrected chi connectivity index (χ4v) is 2.45. The summed E-state index contributed by atoms with van der Waals surface area (Å²) in [6, 6.07) is 8.41. The Morgan fingerprint density at radius 2 is 2.21 bits per heavy atom. The van der Waals surface area contributed by atoms with E-state index in [0.717, 1.165) is 17.3 Å². The van der Waals surface area contributed by atoms with Crippen molar-refractivity contribution in [1.29, 1.82) is 0 Å². The number of pyridine rings is 1. The quantitative estimate of drug-likeness (QED) is 0.302. The molecule has 0 fully saturated rings. The number of rotatable bonds is 6. The Labute approximate surface area is 206 Å². The Bertz CT molecular complexity index is 942. The van der Waals surface area contributed by atoms with Gasteiger partial charge in [-0.2, -0.15) is 0 Å². The topological polar surface area (TPSA) is 69.4 Å². The molecule has 2 heterocycles. The molecule has 28 heavy (non-hydrogen) atoms. The van der Waals surface area contributed by atoms with Crippen LogP contribution in [0.2, 0.25) is 0 Å². The summed E-state index contributed by atoms with van der Waals surface area (Å²) < 4.78 is 15.6. The molecule has 0 aliphatic carbocycles. The number of hydrogen-bond acceptors (Lipinski definition) is 4. The van der Waals surface area contributed by atoms with Crippen LogP contribution in [-0.4, -0.2) is 34.4 Å². The average molecular weight is 404 g/mol. The molecule has 1 unspecified atom stereocenters. The van der Waals surface area contributed by atoms with E-state index in [2.05, 4.69) is 26.8 Å². The van der Waals surface area contributed by atoms with Gasteiger partial charge in [-0.1, -0.05) is 12.1 Å². The van der Waals surface area contributed by atoms with Crippen molar-refractivity contribution in [2.24, 2.45) is 4.99 Å². The second kappa shape index (κ2) is 10.6. The maximum absolute atomic E-state index is 13.7. The van der Waals surface area contributed by atoms with Gasteiger partial charge in [0.15, 0.2) is 0 Å². The van der Waals surface area contributed by atoms with Gasteiger partial charge in [-0.15, -0.1) is 6.20 Å². The normalized spacial score (nSPS) is 15.1. The van der Waals surface area contributed by atoms with E-state index in [1.807, 2.05) is 49.5 Å². The number of halogens is 1. The summed E-state index contributed by atoms with van der Waals surface area (Å²) in [5, 5.41) is 5.78. The summed E-state index contributed by atoms with van der Waals surface area (Å²) in [5.74, 6) is -1.15. The first-order valence-corrected chi connectivity index (χ1v) is 8.36. The largest absolute Gasteiger partial charge is 1.00 e. The van der Waals surface area contributed by atoms with Gasteiger partial charge in [0.25, 0.3) is 5.91 Å². The van der Waals surface area contributed by atoms with Gasteiger partial charge in [0.05, 0.1) is 24.0 Å². The molecule has 0 bridgehead atoms. The van der Waals surface area contributed by atoms with Crippen molar-refractivity contribution in [2.75, 3.05) is 12.4 Å². The molecule has 2 aromatic rings. The molecular weight excluding hydrogens is 384 g/mol. The van der Waals surface area contributed by atoms with E-state index in [0.29, 0.717) is 5.69 Å². The number of aromatic nitrogens is 1. The van der Waals surface area contributed by atoms with Crippen molar-refractivity contribution in [2.45, 2.75) is 13.0 Å². The Morgan fingerprint density at radius 3 is 2.93 bits per heavy atom. The zero-order chi connectivity index (χ0) is 19.2. The van der Waals surface area contributed by atoms with Crippen LogP contribution in [0.5, 0.6) is 0 Å². The van der Waals surface area contributed by atoms with Gasteiger partial charge in [0.1, 0.15) is 12.9 Å². The molecule has 1 amide bonds. The number of nitrogens with one attached hydrogen (secondary N) is 2. The molecule has 3 rings (SSSR count). The molecule has 138 valence electrons. The maximum atomic E-state index is 13.7. The summed E-state index contributed by atoms with van der Waals surface area (Å²) in [5.41, 5.74) is 2.29. The molecule has 2 N–H and O–H groups in total. The van der Waals surface area contributed by atoms with Crippen molar-refractivity contribution in [3.05, 3.63) is 78.6 Å². The number of nitrogens with zero attached hydrogens (tertiary/aromatic N) is 3. The SMILES string of the molecule is CC(N[C-]=CN=C1C=[N+](C)[CH-]1)c1cccc(NC(=O)c2cnccc2F)c1.[K+]. The molecular formula is C20H19FKN5O. The Hall–Kier alpha value is -1.84. The number of anilines is 1. The standard InChI is InChI=1S/C20H19FN5O.K/c1-14(23-8-9-24-17-12-26(2)13-17)15-4-3-5-16(10-15)25-20(27)18-11-22-7-6-19(18)21;/h3-7,9-14,23H,1-2H3,(H,25,27);/q-1;+1. The van der Waals surface area contributed by atoms with Crippen LogP contribution in [0, 0.1) is 18.6 Å². The van der Waals surface area contributed by atoms with E-state index >= 15 is 0 Å². The smallest absolute Gasteiger partial charge is 0.560 e. The average Bonchev–Trinajstić information content (AvgIpc) is 2.63. The van der Waals surface area contributed by atoms with Crippen molar-refractivity contribution in [3.8, 4) is 0 Å². The van der Waals surface area contributed by atoms with Gasteiger partial charge in [-0.05, 0) is 30.7 Å². The summed E-state index contributed by atoms with van der Waals surface area (Å²) in [4.78, 5) is 20.2. The van der Waals surface area contributed by atoms with E-state index in [4.69, 9.17) is 0 Å². The molecule has 6 nitrogen and oxygen atoms in total. The predicted molar refractivity (Wildman–Crippen MR) is 102 cm³/mol. The summed E-state index contributed by atoms with van der Waals surface area (Å²) in [6.45, 7) is 3.87. The molecule has 1 aliphatic rings. The van der Waals surface area contributed by atoms with Gasteiger partial charge in [-0.25, -0.2) is 4.39 Å². The molecule has 0 saturated heterocycles. The minimum atomic E-state index is -0.609. The number of amides is 1. The second-order valence-corrected chi connectivity index (χ2v) is 6.05. The van der Waals surface area contributed by atoms with Gasteiger partial charge < -0.3 is 26.4 Å². The van der Waals surface area contributed by atoms with Crippen LogP contribution in [0.4, 0.5) is 10.1 Å². The van der Waals surface area contributed by atoms with Crippen LogP contribution in [0.25, 0.3) is 0 Å². The zero-order valence-corrected chi connectivity index (χ0v) is 19.1. The van der Waals surface area contributed by atoms with Crippen LogP contribution in [-0.2, 0) is 0 Å². The van der Waals surface area contributed by atoms with E-state index in [1.165, 1.54) is 12.4 Å². The van der Waals surface area contributed by atoms with Gasteiger partial charge >= 0.3 is 51.4 Å². The monoisotopic (exact) mass is 403 g/mol. The third-order valence-corrected chi connectivity index (χ3v) is 3.91. The number of hydrogen-bond donors (Lipinski definition) is 2. The van der Waals surface area contributed by atoms with Gasteiger partial charge in [-0.3, -0.25) is 9.78 Å². The van der Waals surface area contributed by atoms with Crippen LogP contribution >= 0.6 is 0 Å². The van der Waals surface area contributed by atoms with Crippen LogP contribution < -0.4 is 62.0 Å². The molecule has 1 aromatic carbocycles. The number of benzene rings is 1. The first kappa shape index (κ1) is 22.4. The summed E-state index contributed by atoms with van der Waals surface area (Å²) in [6.07, 6.45) is 8.90. The van der Waals surface area contributed by atoms with E-state index in [1.54, 1.807) is 12.3 Å². The van der Waals surface area contributed by atoms with Crippen LogP contribution in [0.3, 0.4) is 0 Å². The first-order valence-electron chi connectivity index (χ1n) is 8.36. The molecule has 1 aliphatic heterocycles. The number of carbonyl (C=O) groups excluding carboxylic acids is 1. The molecule has 1 aromatic heterocycles. The van der Waals surface area contributed by atoms with Crippen molar-refractivity contribution in [1.82, 2.24) is 10.3 Å². The first-order chi connectivity index (χ1) is 13.0. The predicted octanol–water partition coefficient (Wildman–Crippen LogP) is -0.269. The third kappa shape index (κ3) is 6.08. The van der Waals surface area contributed by atoms with Gasteiger partial charge in [0.2, 0.25) is 0 Å². The summed E-state index contributed by atoms with van der Waals surface area (Å²) in [7, 11) is 1.93. The minimum absolute atomic E-state index is 0. The Morgan fingerprint density at radius 1 is 1.43 bits per heavy atom. The third-order valence-electron chi connectivity index (χ3n) is 3.91. The van der Waals surface area contributed by atoms with Crippen LogP contribution in [0.15, 0.2) is 53.9 Å². The Balaban J connectivity index is 0.00000280. The molecule has 1 atom stereocenters. The maximum Gasteiger partial charge on any atom is 1.00 e. The minimum Gasteiger partial charge on any atom is -0.560 e. The van der Waals surface area contributed by atoms with Crippen molar-refractivity contribution >= 4 is 23.5 Å². The number of carbonyl (C=O) groups is 1. The second-order valence-electron chi connectivity index (χ2n) is 6.05. The fourth-order valence-electron chi connectivity index (χ4n) is 2.45. The molecule has 0 saturated carbocycles.